The number of hydrogen-bond donors (Lipinski definition) is 1. The molecule has 3 nitrogen and oxygen atoms in total. The third kappa shape index (κ3) is 3.01. The minimum atomic E-state index is 0.252. The van der Waals surface area contributed by atoms with Crippen LogP contribution in [0.3, 0.4) is 0 Å². The number of hydrogen-bond acceptors (Lipinski definition) is 3. The van der Waals surface area contributed by atoms with Crippen molar-refractivity contribution in [3.05, 3.63) is 41.2 Å². The molecule has 2 aromatic rings. The zero-order valence-electron chi connectivity index (χ0n) is 12.9. The Bertz CT molecular complexity index is 589. The van der Waals surface area contributed by atoms with E-state index in [1.807, 2.05) is 23.5 Å². The Balaban J connectivity index is 2.25. The van der Waals surface area contributed by atoms with Crippen LogP contribution in [0.25, 0.3) is 0 Å². The molecule has 0 amide bonds. The minimum absolute atomic E-state index is 0.252. The second-order valence-electron chi connectivity index (χ2n) is 5.00. The zero-order valence-corrected chi connectivity index (χ0v) is 13.7. The molecule has 0 saturated heterocycles. The molecule has 2 rings (SSSR count). The smallest absolute Gasteiger partial charge is 0.0649 e. The molecular weight excluding hydrogens is 266 g/mol. The molecule has 0 aliphatic carbocycles. The predicted octanol–water partition coefficient (Wildman–Crippen LogP) is 4.32. The Kier molecular flexibility index (Phi) is 4.76. The van der Waals surface area contributed by atoms with Crippen molar-refractivity contribution in [3.8, 4) is 0 Å². The number of para-hydroxylation sites is 1. The van der Waals surface area contributed by atoms with Gasteiger partial charge in [-0.3, -0.25) is 4.68 Å². The molecule has 0 saturated carbocycles. The second-order valence-corrected chi connectivity index (χ2v) is 6.31. The fraction of sp³-hybridized carbons (Fsp3) is 0.438. The van der Waals surface area contributed by atoms with Crippen molar-refractivity contribution in [3.63, 3.8) is 0 Å². The Hall–Kier alpha value is -1.42. The van der Waals surface area contributed by atoms with E-state index >= 15 is 0 Å². The molecule has 4 heteroatoms. The third-order valence-corrected chi connectivity index (χ3v) is 4.51. The number of nitrogens with zero attached hydrogens (tertiary/aromatic N) is 2. The van der Waals surface area contributed by atoms with Crippen molar-refractivity contribution in [1.82, 2.24) is 9.78 Å². The number of thioether (sulfide) groups is 1. The number of aromatic nitrogens is 2. The van der Waals surface area contributed by atoms with Gasteiger partial charge in [-0.25, -0.2) is 0 Å². The van der Waals surface area contributed by atoms with Crippen molar-refractivity contribution in [1.29, 1.82) is 0 Å². The van der Waals surface area contributed by atoms with Gasteiger partial charge in [0.2, 0.25) is 0 Å². The Morgan fingerprint density at radius 3 is 2.60 bits per heavy atom. The molecule has 1 aromatic heterocycles. The van der Waals surface area contributed by atoms with Crippen LogP contribution in [0.4, 0.5) is 5.69 Å². The molecule has 1 unspecified atom stereocenters. The minimum Gasteiger partial charge on any atom is -0.377 e. The van der Waals surface area contributed by atoms with Crippen LogP contribution in [0.2, 0.25) is 0 Å². The summed E-state index contributed by atoms with van der Waals surface area (Å²) in [5.41, 5.74) is 4.83. The highest BCUT2D eigenvalue weighted by atomic mass is 32.2. The highest BCUT2D eigenvalue weighted by Crippen LogP contribution is 2.31. The van der Waals surface area contributed by atoms with Crippen LogP contribution in [-0.4, -0.2) is 15.5 Å². The summed E-state index contributed by atoms with van der Waals surface area (Å²) in [6.45, 7) is 8.58. The van der Waals surface area contributed by atoms with Crippen molar-refractivity contribution >= 4 is 17.4 Å². The Morgan fingerprint density at radius 1 is 1.30 bits per heavy atom. The fourth-order valence-corrected chi connectivity index (χ4v) is 3.36. The van der Waals surface area contributed by atoms with Crippen LogP contribution >= 0.6 is 11.8 Å². The van der Waals surface area contributed by atoms with Crippen molar-refractivity contribution in [2.75, 3.05) is 11.1 Å². The lowest BCUT2D eigenvalue weighted by molar-refractivity contribution is 0.728. The highest BCUT2D eigenvalue weighted by Gasteiger charge is 2.16. The third-order valence-electron chi connectivity index (χ3n) is 3.56. The number of anilines is 1. The van der Waals surface area contributed by atoms with E-state index in [0.29, 0.717) is 0 Å². The Morgan fingerprint density at radius 2 is 2.00 bits per heavy atom. The monoisotopic (exact) mass is 289 g/mol. The first-order valence-corrected chi connectivity index (χ1v) is 8.01. The number of aryl methyl sites for hydroxylation is 2. The van der Waals surface area contributed by atoms with Gasteiger partial charge >= 0.3 is 0 Å². The lowest BCUT2D eigenvalue weighted by Gasteiger charge is -2.18. The molecule has 0 radical (unpaired) electrons. The van der Waals surface area contributed by atoms with Crippen LogP contribution in [0.15, 0.2) is 29.2 Å². The molecule has 0 fully saturated rings. The highest BCUT2D eigenvalue weighted by molar-refractivity contribution is 7.99. The van der Waals surface area contributed by atoms with Crippen LogP contribution in [-0.2, 0) is 7.05 Å². The molecular formula is C16H23N3S. The molecule has 0 aliphatic rings. The number of benzene rings is 1. The van der Waals surface area contributed by atoms with E-state index in [-0.39, 0.29) is 6.04 Å². The van der Waals surface area contributed by atoms with Gasteiger partial charge < -0.3 is 5.32 Å². The molecule has 1 N–H and O–H groups in total. The summed E-state index contributed by atoms with van der Waals surface area (Å²) in [4.78, 5) is 1.31. The summed E-state index contributed by atoms with van der Waals surface area (Å²) >= 11 is 1.87. The van der Waals surface area contributed by atoms with Gasteiger partial charge in [0.05, 0.1) is 11.7 Å². The summed E-state index contributed by atoms with van der Waals surface area (Å²) in [6, 6.07) is 8.75. The van der Waals surface area contributed by atoms with E-state index in [4.69, 9.17) is 0 Å². The van der Waals surface area contributed by atoms with E-state index in [1.54, 1.807) is 0 Å². The lowest BCUT2D eigenvalue weighted by Crippen LogP contribution is -2.09. The first-order chi connectivity index (χ1) is 9.54. The largest absolute Gasteiger partial charge is 0.377 e. The maximum absolute atomic E-state index is 4.50. The first kappa shape index (κ1) is 15.0. The molecule has 1 aromatic carbocycles. The summed E-state index contributed by atoms with van der Waals surface area (Å²) in [6.07, 6.45) is 0. The van der Waals surface area contributed by atoms with E-state index in [9.17, 15) is 0 Å². The van der Waals surface area contributed by atoms with Gasteiger partial charge in [0.15, 0.2) is 0 Å². The topological polar surface area (TPSA) is 29.9 Å². The van der Waals surface area contributed by atoms with Crippen LogP contribution in [0, 0.1) is 13.8 Å². The van der Waals surface area contributed by atoms with E-state index in [1.165, 1.54) is 21.8 Å². The molecule has 0 bridgehead atoms. The molecule has 108 valence electrons. The number of rotatable bonds is 5. The fourth-order valence-electron chi connectivity index (χ4n) is 2.59. The van der Waals surface area contributed by atoms with Gasteiger partial charge in [0.1, 0.15) is 0 Å². The van der Waals surface area contributed by atoms with Gasteiger partial charge in [0.25, 0.3) is 0 Å². The summed E-state index contributed by atoms with van der Waals surface area (Å²) in [7, 11) is 2.00. The van der Waals surface area contributed by atoms with Gasteiger partial charge in [-0.2, -0.15) is 5.10 Å². The van der Waals surface area contributed by atoms with Crippen LogP contribution in [0.1, 0.15) is 36.8 Å². The molecule has 20 heavy (non-hydrogen) atoms. The molecule has 0 spiro atoms. The summed E-state index contributed by atoms with van der Waals surface area (Å²) in [5, 5.41) is 8.14. The first-order valence-electron chi connectivity index (χ1n) is 7.03. The van der Waals surface area contributed by atoms with Gasteiger partial charge in [-0.15, -0.1) is 11.8 Å². The predicted molar refractivity (Wildman–Crippen MR) is 87.6 cm³/mol. The lowest BCUT2D eigenvalue weighted by atomic mass is 10.1. The van der Waals surface area contributed by atoms with Crippen molar-refractivity contribution in [2.24, 2.45) is 7.05 Å². The standard InChI is InChI=1S/C16H23N3S/c1-6-20-15-10-8-7-9-14(15)17-11(2)16-12(3)18-19(5)13(16)4/h7-11,17H,6H2,1-5H3. The van der Waals surface area contributed by atoms with E-state index < -0.39 is 0 Å². The zero-order chi connectivity index (χ0) is 14.7. The average Bonchev–Trinajstić information content (AvgIpc) is 2.66. The van der Waals surface area contributed by atoms with Gasteiger partial charge in [-0.1, -0.05) is 19.1 Å². The van der Waals surface area contributed by atoms with Crippen LogP contribution in [0.5, 0.6) is 0 Å². The molecule has 1 heterocycles. The molecule has 1 atom stereocenters. The van der Waals surface area contributed by atoms with E-state index in [0.717, 1.165) is 11.4 Å². The SMILES string of the molecule is CCSc1ccccc1NC(C)c1c(C)nn(C)c1C. The normalized spacial score (nSPS) is 12.4. The second kappa shape index (κ2) is 6.35. The molecule has 0 aliphatic heterocycles. The average molecular weight is 289 g/mol. The Labute approximate surface area is 125 Å². The van der Waals surface area contributed by atoms with Crippen molar-refractivity contribution < 1.29 is 0 Å². The van der Waals surface area contributed by atoms with E-state index in [2.05, 4.69) is 62.4 Å². The quantitative estimate of drug-likeness (QED) is 0.831. The maximum Gasteiger partial charge on any atom is 0.0649 e. The maximum atomic E-state index is 4.50. The van der Waals surface area contributed by atoms with Gasteiger partial charge in [0, 0.05) is 28.9 Å². The van der Waals surface area contributed by atoms with Crippen molar-refractivity contribution in [2.45, 2.75) is 38.6 Å². The number of nitrogens with one attached hydrogen (secondary N) is 1. The van der Waals surface area contributed by atoms with Gasteiger partial charge in [-0.05, 0) is 38.7 Å². The van der Waals surface area contributed by atoms with Crippen LogP contribution < -0.4 is 5.32 Å². The summed E-state index contributed by atoms with van der Waals surface area (Å²) in [5.74, 6) is 1.08. The summed E-state index contributed by atoms with van der Waals surface area (Å²) < 4.78 is 1.95.